The Morgan fingerprint density at radius 1 is 1.23 bits per heavy atom. The van der Waals surface area contributed by atoms with E-state index in [1.165, 1.54) is 6.07 Å². The maximum Gasteiger partial charge on any atom is 0.417 e. The Kier molecular flexibility index (Phi) is 5.47. The molecule has 138 valence electrons. The molecule has 1 aromatic carbocycles. The Morgan fingerprint density at radius 2 is 1.92 bits per heavy atom. The monoisotopic (exact) mass is 404 g/mol. The lowest BCUT2D eigenvalue weighted by Gasteiger charge is -2.20. The summed E-state index contributed by atoms with van der Waals surface area (Å²) < 4.78 is 48.3. The highest BCUT2D eigenvalue weighted by Crippen LogP contribution is 2.38. The van der Waals surface area contributed by atoms with E-state index in [0.29, 0.717) is 40.4 Å². The fraction of sp³-hybridized carbons (Fsp3) is 0.250. The fourth-order valence-corrected chi connectivity index (χ4v) is 2.96. The van der Waals surface area contributed by atoms with Gasteiger partial charge in [0.25, 0.3) is 0 Å². The minimum absolute atomic E-state index is 0.0386. The van der Waals surface area contributed by atoms with Crippen molar-refractivity contribution in [2.45, 2.75) is 11.2 Å². The maximum absolute atomic E-state index is 12.5. The normalized spacial score (nSPS) is 13.4. The number of rotatable bonds is 4. The zero-order valence-electron chi connectivity index (χ0n) is 13.1. The van der Waals surface area contributed by atoms with Gasteiger partial charge in [0.05, 0.1) is 27.1 Å². The SMILES string of the molecule is O=C(CSc1ccc(C(F)(F)F)cn1)Nc1cc2c(cc1Cl)OCCO2. The molecule has 5 nitrogen and oxygen atoms in total. The molecule has 1 amide bonds. The van der Waals surface area contributed by atoms with E-state index in [1.54, 1.807) is 12.1 Å². The summed E-state index contributed by atoms with van der Waals surface area (Å²) in [5.74, 6) is 0.564. The van der Waals surface area contributed by atoms with E-state index in [0.717, 1.165) is 24.0 Å². The van der Waals surface area contributed by atoms with Gasteiger partial charge >= 0.3 is 6.18 Å². The molecular weight excluding hydrogens is 393 g/mol. The molecule has 0 saturated heterocycles. The Balaban J connectivity index is 1.59. The summed E-state index contributed by atoms with van der Waals surface area (Å²) in [5.41, 5.74) is -0.476. The van der Waals surface area contributed by atoms with Gasteiger partial charge in [0.15, 0.2) is 11.5 Å². The topological polar surface area (TPSA) is 60.5 Å². The van der Waals surface area contributed by atoms with Gasteiger partial charge < -0.3 is 14.8 Å². The molecule has 10 heteroatoms. The molecule has 0 aliphatic carbocycles. The van der Waals surface area contributed by atoms with Crippen LogP contribution in [0.25, 0.3) is 0 Å². The molecule has 2 aromatic rings. The first-order valence-corrected chi connectivity index (χ1v) is 8.74. The number of nitrogens with zero attached hydrogens (tertiary/aromatic N) is 1. The molecular formula is C16H12ClF3N2O3S. The molecule has 0 fully saturated rings. The quantitative estimate of drug-likeness (QED) is 0.772. The van der Waals surface area contributed by atoms with Gasteiger partial charge in [0.1, 0.15) is 13.2 Å². The van der Waals surface area contributed by atoms with E-state index < -0.39 is 11.7 Å². The Morgan fingerprint density at radius 3 is 2.54 bits per heavy atom. The summed E-state index contributed by atoms with van der Waals surface area (Å²) in [6, 6.07) is 5.26. The third-order valence-corrected chi connectivity index (χ3v) is 4.58. The number of hydrogen-bond donors (Lipinski definition) is 1. The summed E-state index contributed by atoms with van der Waals surface area (Å²) >= 11 is 7.12. The molecule has 0 unspecified atom stereocenters. The molecule has 0 spiro atoms. The van der Waals surface area contributed by atoms with Crippen molar-refractivity contribution in [2.24, 2.45) is 0 Å². The number of aromatic nitrogens is 1. The molecule has 1 aromatic heterocycles. The van der Waals surface area contributed by atoms with E-state index in [2.05, 4.69) is 10.3 Å². The summed E-state index contributed by atoms with van der Waals surface area (Å²) in [4.78, 5) is 15.8. The van der Waals surface area contributed by atoms with Crippen LogP contribution in [0.1, 0.15) is 5.56 Å². The average Bonchev–Trinajstić information content (AvgIpc) is 2.60. The van der Waals surface area contributed by atoms with Crippen LogP contribution in [0.4, 0.5) is 18.9 Å². The molecule has 3 rings (SSSR count). The van der Waals surface area contributed by atoms with Crippen molar-refractivity contribution in [1.82, 2.24) is 4.98 Å². The number of carbonyl (C=O) groups excluding carboxylic acids is 1. The van der Waals surface area contributed by atoms with Gasteiger partial charge in [0.2, 0.25) is 5.91 Å². The van der Waals surface area contributed by atoms with Gasteiger partial charge in [0, 0.05) is 18.3 Å². The van der Waals surface area contributed by atoms with Gasteiger partial charge in [-0.25, -0.2) is 4.98 Å². The van der Waals surface area contributed by atoms with Crippen LogP contribution in [-0.4, -0.2) is 29.9 Å². The van der Waals surface area contributed by atoms with Crippen LogP contribution in [0, 0.1) is 0 Å². The fourth-order valence-electron chi connectivity index (χ4n) is 2.12. The summed E-state index contributed by atoms with van der Waals surface area (Å²) in [7, 11) is 0. The largest absolute Gasteiger partial charge is 0.486 e. The molecule has 0 bridgehead atoms. The molecule has 0 atom stereocenters. The molecule has 0 saturated carbocycles. The highest BCUT2D eigenvalue weighted by atomic mass is 35.5. The third kappa shape index (κ3) is 4.53. The highest BCUT2D eigenvalue weighted by molar-refractivity contribution is 7.99. The van der Waals surface area contributed by atoms with Crippen LogP contribution in [0.3, 0.4) is 0 Å². The van der Waals surface area contributed by atoms with Crippen LogP contribution in [0.2, 0.25) is 5.02 Å². The van der Waals surface area contributed by atoms with Crippen LogP contribution in [0.15, 0.2) is 35.5 Å². The van der Waals surface area contributed by atoms with Crippen LogP contribution >= 0.6 is 23.4 Å². The predicted octanol–water partition coefficient (Wildman–Crippen LogP) is 4.26. The van der Waals surface area contributed by atoms with Gasteiger partial charge in [-0.15, -0.1) is 0 Å². The first-order valence-electron chi connectivity index (χ1n) is 7.38. The van der Waals surface area contributed by atoms with E-state index in [1.807, 2.05) is 0 Å². The predicted molar refractivity (Wildman–Crippen MR) is 91.0 cm³/mol. The number of anilines is 1. The van der Waals surface area contributed by atoms with Gasteiger partial charge in [-0.2, -0.15) is 13.2 Å². The highest BCUT2D eigenvalue weighted by Gasteiger charge is 2.30. The number of pyridine rings is 1. The van der Waals surface area contributed by atoms with Crippen LogP contribution < -0.4 is 14.8 Å². The lowest BCUT2D eigenvalue weighted by atomic mass is 10.2. The summed E-state index contributed by atoms with van der Waals surface area (Å²) in [6.07, 6.45) is -3.71. The Bertz CT molecular complexity index is 816. The van der Waals surface area contributed by atoms with E-state index >= 15 is 0 Å². The molecule has 26 heavy (non-hydrogen) atoms. The van der Waals surface area contributed by atoms with Crippen molar-refractivity contribution >= 4 is 35.0 Å². The van der Waals surface area contributed by atoms with Crippen LogP contribution in [-0.2, 0) is 11.0 Å². The molecule has 1 aliphatic rings. The van der Waals surface area contributed by atoms with Crippen molar-refractivity contribution in [3.63, 3.8) is 0 Å². The molecule has 2 heterocycles. The number of ether oxygens (including phenoxy) is 2. The van der Waals surface area contributed by atoms with Crippen molar-refractivity contribution in [2.75, 3.05) is 24.3 Å². The van der Waals surface area contributed by atoms with Gasteiger partial charge in [-0.05, 0) is 12.1 Å². The number of halogens is 4. The number of carbonyl (C=O) groups is 1. The number of nitrogens with one attached hydrogen (secondary N) is 1. The Hall–Kier alpha value is -2.13. The Labute approximate surface area is 155 Å². The van der Waals surface area contributed by atoms with Crippen molar-refractivity contribution in [3.05, 3.63) is 41.0 Å². The van der Waals surface area contributed by atoms with Crippen LogP contribution in [0.5, 0.6) is 11.5 Å². The number of thioether (sulfide) groups is 1. The lowest BCUT2D eigenvalue weighted by Crippen LogP contribution is -2.17. The second-order valence-electron chi connectivity index (χ2n) is 5.20. The average molecular weight is 405 g/mol. The molecule has 1 N–H and O–H groups in total. The third-order valence-electron chi connectivity index (χ3n) is 3.32. The molecule has 0 radical (unpaired) electrons. The number of hydrogen-bond acceptors (Lipinski definition) is 5. The standard InChI is InChI=1S/C16H12ClF3N2O3S/c17-10-5-12-13(25-4-3-24-12)6-11(10)22-14(23)8-26-15-2-1-9(7-21-15)16(18,19)20/h1-2,5-7H,3-4,8H2,(H,22,23). The summed E-state index contributed by atoms with van der Waals surface area (Å²) in [5, 5.41) is 3.23. The summed E-state index contributed by atoms with van der Waals surface area (Å²) in [6.45, 7) is 0.823. The van der Waals surface area contributed by atoms with E-state index in [-0.39, 0.29) is 11.7 Å². The van der Waals surface area contributed by atoms with Crippen molar-refractivity contribution < 1.29 is 27.4 Å². The number of alkyl halides is 3. The van der Waals surface area contributed by atoms with Gasteiger partial charge in [-0.1, -0.05) is 23.4 Å². The van der Waals surface area contributed by atoms with Gasteiger partial charge in [-0.3, -0.25) is 4.79 Å². The van der Waals surface area contributed by atoms with E-state index in [9.17, 15) is 18.0 Å². The zero-order valence-corrected chi connectivity index (χ0v) is 14.7. The maximum atomic E-state index is 12.5. The second kappa shape index (κ2) is 7.63. The van der Waals surface area contributed by atoms with Crippen molar-refractivity contribution in [3.8, 4) is 11.5 Å². The number of benzene rings is 1. The minimum atomic E-state index is -4.44. The second-order valence-corrected chi connectivity index (χ2v) is 6.60. The smallest absolute Gasteiger partial charge is 0.417 e. The number of amides is 1. The first-order chi connectivity index (χ1) is 12.3. The van der Waals surface area contributed by atoms with Crippen molar-refractivity contribution in [1.29, 1.82) is 0 Å². The zero-order chi connectivity index (χ0) is 18.7. The number of fused-ring (bicyclic) bond motifs is 1. The minimum Gasteiger partial charge on any atom is -0.486 e. The molecule has 1 aliphatic heterocycles. The van der Waals surface area contributed by atoms with E-state index in [4.69, 9.17) is 21.1 Å². The first kappa shape index (κ1) is 18.7. The lowest BCUT2D eigenvalue weighted by molar-refractivity contribution is -0.137.